The van der Waals surface area contributed by atoms with Crippen LogP contribution in [0.1, 0.15) is 44.8 Å². The first-order chi connectivity index (χ1) is 12.7. The van der Waals surface area contributed by atoms with Gasteiger partial charge in [-0.1, -0.05) is 38.0 Å². The average molecular weight is 352 g/mol. The van der Waals surface area contributed by atoms with Gasteiger partial charge in [0.25, 0.3) is 5.91 Å². The Morgan fingerprint density at radius 2 is 1.92 bits per heavy atom. The van der Waals surface area contributed by atoms with Gasteiger partial charge in [-0.25, -0.2) is 0 Å². The number of furan rings is 1. The predicted molar refractivity (Wildman–Crippen MR) is 101 cm³/mol. The Hall–Kier alpha value is -2.82. The molecule has 0 spiro atoms. The maximum atomic E-state index is 12.9. The van der Waals surface area contributed by atoms with Gasteiger partial charge in [0, 0.05) is 24.2 Å². The highest BCUT2D eigenvalue weighted by Gasteiger charge is 2.32. The molecule has 1 aromatic carbocycles. The van der Waals surface area contributed by atoms with E-state index in [1.165, 1.54) is 0 Å². The molecule has 136 valence electrons. The normalized spacial score (nSPS) is 14.7. The van der Waals surface area contributed by atoms with E-state index >= 15 is 0 Å². The molecule has 0 bridgehead atoms. The standard InChI is InChI=1S/C21H24N2O3/c1-2-3-7-14-23-19(24)13-12-17(20(23)18-11-8-15-26-18)21(25)22-16-9-5-4-6-10-16/h4-6,8-11,15H,2-3,7,12-14H2,1H3,(H,22,25). The van der Waals surface area contributed by atoms with Crippen LogP contribution in [0.4, 0.5) is 5.69 Å². The molecule has 3 rings (SSSR count). The van der Waals surface area contributed by atoms with Gasteiger partial charge >= 0.3 is 0 Å². The number of unbranched alkanes of at least 4 members (excludes halogenated alkanes) is 2. The monoisotopic (exact) mass is 352 g/mol. The van der Waals surface area contributed by atoms with Crippen molar-refractivity contribution in [2.75, 3.05) is 11.9 Å². The number of anilines is 1. The van der Waals surface area contributed by atoms with Gasteiger partial charge in [0.1, 0.15) is 0 Å². The van der Waals surface area contributed by atoms with Crippen LogP contribution in [-0.2, 0) is 9.59 Å². The molecule has 0 fully saturated rings. The summed E-state index contributed by atoms with van der Waals surface area (Å²) < 4.78 is 5.56. The number of hydrogen-bond donors (Lipinski definition) is 1. The number of para-hydroxylation sites is 1. The van der Waals surface area contributed by atoms with Crippen LogP contribution >= 0.6 is 0 Å². The Morgan fingerprint density at radius 1 is 1.12 bits per heavy atom. The highest BCUT2D eigenvalue weighted by Crippen LogP contribution is 2.32. The average Bonchev–Trinajstić information content (AvgIpc) is 3.18. The molecule has 0 saturated heterocycles. The Morgan fingerprint density at radius 3 is 2.62 bits per heavy atom. The molecule has 0 aliphatic carbocycles. The van der Waals surface area contributed by atoms with Gasteiger partial charge in [-0.3, -0.25) is 9.59 Å². The minimum atomic E-state index is -0.185. The van der Waals surface area contributed by atoms with Crippen molar-refractivity contribution in [1.29, 1.82) is 0 Å². The fourth-order valence-corrected chi connectivity index (χ4v) is 3.17. The SMILES string of the molecule is CCCCCN1C(=O)CCC(C(=O)Nc2ccccc2)=C1c1ccco1. The van der Waals surface area contributed by atoms with Crippen LogP contribution in [0.25, 0.3) is 5.70 Å². The van der Waals surface area contributed by atoms with Crippen LogP contribution in [0.2, 0.25) is 0 Å². The van der Waals surface area contributed by atoms with E-state index in [0.29, 0.717) is 36.4 Å². The lowest BCUT2D eigenvalue weighted by Crippen LogP contribution is -2.36. The van der Waals surface area contributed by atoms with Crippen LogP contribution in [0.15, 0.2) is 58.7 Å². The molecule has 1 aliphatic rings. The molecule has 0 atom stereocenters. The van der Waals surface area contributed by atoms with Gasteiger partial charge in [-0.05, 0) is 37.1 Å². The number of carbonyl (C=O) groups is 2. The molecule has 2 heterocycles. The number of nitrogens with zero attached hydrogens (tertiary/aromatic N) is 1. The summed E-state index contributed by atoms with van der Waals surface area (Å²) in [5, 5.41) is 2.93. The zero-order valence-corrected chi connectivity index (χ0v) is 15.0. The molecule has 5 nitrogen and oxygen atoms in total. The Balaban J connectivity index is 1.93. The van der Waals surface area contributed by atoms with Crippen molar-refractivity contribution >= 4 is 23.2 Å². The third-order valence-corrected chi connectivity index (χ3v) is 4.49. The molecule has 1 N–H and O–H groups in total. The summed E-state index contributed by atoms with van der Waals surface area (Å²) in [7, 11) is 0. The van der Waals surface area contributed by atoms with Crippen molar-refractivity contribution in [3.8, 4) is 0 Å². The topological polar surface area (TPSA) is 62.6 Å². The highest BCUT2D eigenvalue weighted by atomic mass is 16.3. The summed E-state index contributed by atoms with van der Waals surface area (Å²) in [6.45, 7) is 2.73. The fraction of sp³-hybridized carbons (Fsp3) is 0.333. The molecular weight excluding hydrogens is 328 g/mol. The first-order valence-electron chi connectivity index (χ1n) is 9.14. The second-order valence-corrected chi connectivity index (χ2v) is 6.38. The summed E-state index contributed by atoms with van der Waals surface area (Å²) in [5.41, 5.74) is 1.94. The van der Waals surface area contributed by atoms with Gasteiger partial charge in [-0.15, -0.1) is 0 Å². The van der Waals surface area contributed by atoms with Crippen molar-refractivity contribution < 1.29 is 14.0 Å². The van der Waals surface area contributed by atoms with Crippen LogP contribution < -0.4 is 5.32 Å². The van der Waals surface area contributed by atoms with E-state index in [2.05, 4.69) is 12.2 Å². The number of carbonyl (C=O) groups excluding carboxylic acids is 2. The van der Waals surface area contributed by atoms with Crippen molar-refractivity contribution in [1.82, 2.24) is 4.90 Å². The number of amides is 2. The van der Waals surface area contributed by atoms with E-state index in [4.69, 9.17) is 4.42 Å². The molecule has 1 aromatic heterocycles. The van der Waals surface area contributed by atoms with Crippen LogP contribution in [0.3, 0.4) is 0 Å². The van der Waals surface area contributed by atoms with Crippen molar-refractivity contribution in [3.63, 3.8) is 0 Å². The van der Waals surface area contributed by atoms with Crippen molar-refractivity contribution in [2.45, 2.75) is 39.0 Å². The first kappa shape index (κ1) is 18.0. The number of rotatable bonds is 7. The van der Waals surface area contributed by atoms with Gasteiger partial charge in [0.15, 0.2) is 5.76 Å². The van der Waals surface area contributed by atoms with Gasteiger partial charge in [0.2, 0.25) is 5.91 Å². The van der Waals surface area contributed by atoms with E-state index in [9.17, 15) is 9.59 Å². The lowest BCUT2D eigenvalue weighted by Gasteiger charge is -2.30. The summed E-state index contributed by atoms with van der Waals surface area (Å²) in [4.78, 5) is 27.2. The third-order valence-electron chi connectivity index (χ3n) is 4.49. The van der Waals surface area contributed by atoms with E-state index in [1.807, 2.05) is 30.3 Å². The van der Waals surface area contributed by atoms with E-state index < -0.39 is 0 Å². The summed E-state index contributed by atoms with van der Waals surface area (Å²) >= 11 is 0. The smallest absolute Gasteiger partial charge is 0.253 e. The molecule has 26 heavy (non-hydrogen) atoms. The largest absolute Gasteiger partial charge is 0.463 e. The summed E-state index contributed by atoms with van der Waals surface area (Å²) in [6.07, 6.45) is 5.34. The summed E-state index contributed by atoms with van der Waals surface area (Å²) in [6, 6.07) is 12.9. The number of benzene rings is 1. The quantitative estimate of drug-likeness (QED) is 0.749. The Kier molecular flexibility index (Phi) is 5.89. The van der Waals surface area contributed by atoms with Gasteiger partial charge in [0.05, 0.1) is 12.0 Å². The van der Waals surface area contributed by atoms with E-state index in [-0.39, 0.29) is 11.8 Å². The zero-order chi connectivity index (χ0) is 18.4. The van der Waals surface area contributed by atoms with Crippen LogP contribution in [0.5, 0.6) is 0 Å². The molecular formula is C21H24N2O3. The minimum absolute atomic E-state index is 0.0452. The molecule has 2 amide bonds. The molecule has 0 radical (unpaired) electrons. The minimum Gasteiger partial charge on any atom is -0.463 e. The van der Waals surface area contributed by atoms with Crippen molar-refractivity contribution in [2.24, 2.45) is 0 Å². The molecule has 1 aliphatic heterocycles. The molecule has 5 heteroatoms. The Labute approximate surface area is 153 Å². The fourth-order valence-electron chi connectivity index (χ4n) is 3.17. The number of hydrogen-bond acceptors (Lipinski definition) is 3. The lowest BCUT2D eigenvalue weighted by molar-refractivity contribution is -0.128. The lowest BCUT2D eigenvalue weighted by atomic mass is 9.98. The maximum Gasteiger partial charge on any atom is 0.253 e. The van der Waals surface area contributed by atoms with Gasteiger partial charge in [-0.2, -0.15) is 0 Å². The summed E-state index contributed by atoms with van der Waals surface area (Å²) in [5.74, 6) is 0.423. The first-order valence-corrected chi connectivity index (χ1v) is 9.14. The van der Waals surface area contributed by atoms with Crippen LogP contribution in [0, 0.1) is 0 Å². The van der Waals surface area contributed by atoms with E-state index in [1.54, 1.807) is 23.3 Å². The molecule has 0 unspecified atom stereocenters. The molecule has 0 saturated carbocycles. The van der Waals surface area contributed by atoms with Crippen molar-refractivity contribution in [3.05, 3.63) is 60.1 Å². The van der Waals surface area contributed by atoms with Crippen LogP contribution in [-0.4, -0.2) is 23.3 Å². The maximum absolute atomic E-state index is 12.9. The van der Waals surface area contributed by atoms with Gasteiger partial charge < -0.3 is 14.6 Å². The zero-order valence-electron chi connectivity index (χ0n) is 15.0. The second kappa shape index (κ2) is 8.52. The highest BCUT2D eigenvalue weighted by molar-refractivity contribution is 6.11. The second-order valence-electron chi connectivity index (χ2n) is 6.38. The number of nitrogens with one attached hydrogen (secondary N) is 1. The van der Waals surface area contributed by atoms with E-state index in [0.717, 1.165) is 24.9 Å². The Bertz CT molecular complexity index is 779. The molecule has 2 aromatic rings. The predicted octanol–water partition coefficient (Wildman–Crippen LogP) is 4.44. The third kappa shape index (κ3) is 4.04.